The summed E-state index contributed by atoms with van der Waals surface area (Å²) in [5.74, 6) is -0.116. The summed E-state index contributed by atoms with van der Waals surface area (Å²) in [7, 11) is 0. The molecule has 2 rings (SSSR count). The van der Waals surface area contributed by atoms with Crippen LogP contribution in [0.1, 0.15) is 21.5 Å². The van der Waals surface area contributed by atoms with Gasteiger partial charge in [0.25, 0.3) is 0 Å². The smallest absolute Gasteiger partial charge is 0.289 e. The van der Waals surface area contributed by atoms with Gasteiger partial charge in [-0.3, -0.25) is 4.79 Å². The van der Waals surface area contributed by atoms with Crippen LogP contribution in [0.15, 0.2) is 42.5 Å². The first-order valence-electron chi connectivity index (χ1n) is 5.38. The van der Waals surface area contributed by atoms with Crippen LogP contribution in [-0.4, -0.2) is 5.78 Å². The SMILES string of the molecule is Cc1c([N+]#N)cccc1C(=O)c1ccc(Cl)cc1. The van der Waals surface area contributed by atoms with Gasteiger partial charge in [-0.1, -0.05) is 23.7 Å². The quantitative estimate of drug-likeness (QED) is 0.592. The molecule has 0 atom stereocenters. The molecule has 0 bridgehead atoms. The Hall–Kier alpha value is -2.18. The predicted octanol–water partition coefficient (Wildman–Crippen LogP) is 4.36. The van der Waals surface area contributed by atoms with Crippen molar-refractivity contribution in [1.29, 1.82) is 5.39 Å². The predicted molar refractivity (Wildman–Crippen MR) is 70.8 cm³/mol. The number of carbonyl (C=O) groups is 1. The van der Waals surface area contributed by atoms with Gasteiger partial charge in [0, 0.05) is 22.2 Å². The average molecular weight is 258 g/mol. The Bertz CT molecular complexity index is 642. The van der Waals surface area contributed by atoms with Crippen LogP contribution in [0.2, 0.25) is 5.02 Å². The van der Waals surface area contributed by atoms with Crippen LogP contribution in [0.4, 0.5) is 5.69 Å². The van der Waals surface area contributed by atoms with Crippen LogP contribution in [0.5, 0.6) is 0 Å². The average Bonchev–Trinajstić information content (AvgIpc) is 2.39. The highest BCUT2D eigenvalue weighted by molar-refractivity contribution is 6.30. The van der Waals surface area contributed by atoms with E-state index in [0.717, 1.165) is 0 Å². The number of ketones is 1. The fraction of sp³-hybridized carbons (Fsp3) is 0.0714. The molecule has 0 aliphatic carbocycles. The van der Waals surface area contributed by atoms with E-state index in [1.54, 1.807) is 49.4 Å². The van der Waals surface area contributed by atoms with Gasteiger partial charge >= 0.3 is 5.69 Å². The second-order valence-electron chi connectivity index (χ2n) is 3.89. The second-order valence-corrected chi connectivity index (χ2v) is 4.32. The number of halogens is 1. The number of hydrogen-bond donors (Lipinski definition) is 0. The molecule has 0 heterocycles. The minimum absolute atomic E-state index is 0.116. The molecule has 0 amide bonds. The van der Waals surface area contributed by atoms with Crippen LogP contribution in [0.3, 0.4) is 0 Å². The largest absolute Gasteiger partial charge is 0.388 e. The zero-order chi connectivity index (χ0) is 13.1. The molecule has 4 heteroatoms. The number of rotatable bonds is 2. The first-order valence-corrected chi connectivity index (χ1v) is 5.76. The van der Waals surface area contributed by atoms with E-state index < -0.39 is 0 Å². The van der Waals surface area contributed by atoms with Crippen LogP contribution >= 0.6 is 11.6 Å². The zero-order valence-electron chi connectivity index (χ0n) is 9.72. The number of nitrogens with zero attached hydrogens (tertiary/aromatic N) is 2. The Morgan fingerprint density at radius 1 is 1.17 bits per heavy atom. The van der Waals surface area contributed by atoms with Crippen molar-refractivity contribution in [2.45, 2.75) is 6.92 Å². The molecule has 0 aliphatic heterocycles. The van der Waals surface area contributed by atoms with Crippen molar-refractivity contribution in [2.24, 2.45) is 0 Å². The third-order valence-corrected chi connectivity index (χ3v) is 3.02. The molecule has 0 fully saturated rings. The third-order valence-electron chi connectivity index (χ3n) is 2.76. The molecule has 0 N–H and O–H groups in total. The van der Waals surface area contributed by atoms with E-state index in [1.165, 1.54) is 0 Å². The van der Waals surface area contributed by atoms with Crippen LogP contribution in [0.25, 0.3) is 4.98 Å². The molecule has 3 nitrogen and oxygen atoms in total. The first kappa shape index (κ1) is 12.3. The Morgan fingerprint density at radius 3 is 2.44 bits per heavy atom. The number of carbonyl (C=O) groups excluding carboxylic acids is 1. The molecule has 0 radical (unpaired) electrons. The van der Waals surface area contributed by atoms with Crippen molar-refractivity contribution in [3.8, 4) is 0 Å². The van der Waals surface area contributed by atoms with Crippen LogP contribution in [-0.2, 0) is 0 Å². The summed E-state index contributed by atoms with van der Waals surface area (Å²) in [6.45, 7) is 1.75. The highest BCUT2D eigenvalue weighted by atomic mass is 35.5. The minimum Gasteiger partial charge on any atom is -0.289 e. The maximum absolute atomic E-state index is 12.3. The van der Waals surface area contributed by atoms with Crippen molar-refractivity contribution >= 4 is 23.1 Å². The first-order chi connectivity index (χ1) is 8.63. The van der Waals surface area contributed by atoms with Gasteiger partial charge in [0.05, 0.1) is 5.56 Å². The topological polar surface area (TPSA) is 45.2 Å². The Morgan fingerprint density at radius 2 is 1.83 bits per heavy atom. The van der Waals surface area contributed by atoms with E-state index in [-0.39, 0.29) is 5.78 Å². The summed E-state index contributed by atoms with van der Waals surface area (Å²) in [5, 5.41) is 9.41. The van der Waals surface area contributed by atoms with Gasteiger partial charge in [0.1, 0.15) is 0 Å². The Kier molecular flexibility index (Phi) is 3.40. The van der Waals surface area contributed by atoms with Crippen molar-refractivity contribution in [2.75, 3.05) is 0 Å². The summed E-state index contributed by atoms with van der Waals surface area (Å²) in [5.41, 5.74) is 2.12. The molecule has 18 heavy (non-hydrogen) atoms. The fourth-order valence-electron chi connectivity index (χ4n) is 1.73. The second kappa shape index (κ2) is 4.99. The molecule has 0 saturated heterocycles. The van der Waals surface area contributed by atoms with Gasteiger partial charge in [-0.15, -0.1) is 0 Å². The lowest BCUT2D eigenvalue weighted by atomic mass is 9.98. The number of hydrogen-bond acceptors (Lipinski definition) is 2. The van der Waals surface area contributed by atoms with Crippen molar-refractivity contribution in [3.05, 3.63) is 69.2 Å². The summed E-state index contributed by atoms with van der Waals surface area (Å²) in [6, 6.07) is 11.7. The summed E-state index contributed by atoms with van der Waals surface area (Å²) < 4.78 is 0. The molecule has 0 aromatic heterocycles. The maximum Gasteiger partial charge on any atom is 0.388 e. The normalized spacial score (nSPS) is 9.83. The summed E-state index contributed by atoms with van der Waals surface area (Å²) in [4.78, 5) is 15.4. The zero-order valence-corrected chi connectivity index (χ0v) is 10.5. The Balaban J connectivity index is 2.47. The van der Waals surface area contributed by atoms with Crippen LogP contribution < -0.4 is 0 Å². The molecule has 0 unspecified atom stereocenters. The summed E-state index contributed by atoms with van der Waals surface area (Å²) >= 11 is 5.78. The fourth-order valence-corrected chi connectivity index (χ4v) is 1.86. The lowest BCUT2D eigenvalue weighted by Crippen LogP contribution is -2.03. The molecule has 2 aromatic rings. The number of benzene rings is 2. The molecule has 0 saturated carbocycles. The van der Waals surface area contributed by atoms with Gasteiger partial charge in [-0.2, -0.15) is 0 Å². The molecule has 88 valence electrons. The molecule has 2 aromatic carbocycles. The molecule has 0 spiro atoms. The number of diazo groups is 1. The van der Waals surface area contributed by atoms with Gasteiger partial charge in [-0.05, 0) is 31.2 Å². The highest BCUT2D eigenvalue weighted by Gasteiger charge is 2.18. The third kappa shape index (κ3) is 2.24. The van der Waals surface area contributed by atoms with E-state index in [2.05, 4.69) is 4.98 Å². The molecular weight excluding hydrogens is 248 g/mol. The summed E-state index contributed by atoms with van der Waals surface area (Å²) in [6.07, 6.45) is 0. The van der Waals surface area contributed by atoms with Gasteiger partial charge in [-0.25, -0.2) is 0 Å². The Labute approximate surface area is 110 Å². The van der Waals surface area contributed by atoms with Gasteiger partial charge < -0.3 is 0 Å². The van der Waals surface area contributed by atoms with Gasteiger partial charge in [0.15, 0.2) is 10.8 Å². The standard InChI is InChI=1S/C14H10ClN2O/c1-9-12(3-2-4-13(9)17-16)14(18)10-5-7-11(15)8-6-10/h2-8H,1H3/q+1. The van der Waals surface area contributed by atoms with E-state index >= 15 is 0 Å². The van der Waals surface area contributed by atoms with E-state index in [0.29, 0.717) is 27.4 Å². The molecule has 0 aliphatic rings. The van der Waals surface area contributed by atoms with E-state index in [1.807, 2.05) is 0 Å². The lowest BCUT2D eigenvalue weighted by Gasteiger charge is -2.03. The van der Waals surface area contributed by atoms with Gasteiger partial charge in [0.2, 0.25) is 5.39 Å². The lowest BCUT2D eigenvalue weighted by molar-refractivity contribution is 0.103. The highest BCUT2D eigenvalue weighted by Crippen LogP contribution is 2.24. The van der Waals surface area contributed by atoms with Crippen LogP contribution in [0, 0.1) is 12.3 Å². The monoisotopic (exact) mass is 257 g/mol. The van der Waals surface area contributed by atoms with E-state index in [4.69, 9.17) is 17.0 Å². The van der Waals surface area contributed by atoms with Crippen molar-refractivity contribution in [1.82, 2.24) is 0 Å². The minimum atomic E-state index is -0.116. The van der Waals surface area contributed by atoms with E-state index in [9.17, 15) is 4.79 Å². The molecular formula is C14H10ClN2O+. The van der Waals surface area contributed by atoms with Crippen molar-refractivity contribution < 1.29 is 4.79 Å². The maximum atomic E-state index is 12.3. The van der Waals surface area contributed by atoms with Crippen molar-refractivity contribution in [3.63, 3.8) is 0 Å².